The lowest BCUT2D eigenvalue weighted by Crippen LogP contribution is -2.28. The van der Waals surface area contributed by atoms with E-state index in [-0.39, 0.29) is 24.5 Å². The van der Waals surface area contributed by atoms with Gasteiger partial charge in [0, 0.05) is 31.2 Å². The maximum Gasteiger partial charge on any atom is 0.227 e. The largest absolute Gasteiger partial charge is 0.497 e. The van der Waals surface area contributed by atoms with Crippen molar-refractivity contribution in [3.05, 3.63) is 59.2 Å². The average molecular weight is 458 g/mol. The van der Waals surface area contributed by atoms with Gasteiger partial charge in [-0.3, -0.25) is 9.59 Å². The summed E-state index contributed by atoms with van der Waals surface area (Å²) in [6.07, 6.45) is 4.70. The van der Waals surface area contributed by atoms with Gasteiger partial charge in [0.25, 0.3) is 0 Å². The second kappa shape index (κ2) is 12.5. The van der Waals surface area contributed by atoms with E-state index in [0.717, 1.165) is 11.1 Å². The fourth-order valence-corrected chi connectivity index (χ4v) is 3.67. The normalized spacial score (nSPS) is 29.9. The van der Waals surface area contributed by atoms with Gasteiger partial charge in [0.05, 0.1) is 25.7 Å². The molecule has 0 unspecified atom stereocenters. The van der Waals surface area contributed by atoms with Gasteiger partial charge in [-0.25, -0.2) is 0 Å². The summed E-state index contributed by atoms with van der Waals surface area (Å²) in [7, 11) is 3.02. The first-order chi connectivity index (χ1) is 15.6. The number of anilines is 1. The summed E-state index contributed by atoms with van der Waals surface area (Å²) in [6.45, 7) is 5.42. The van der Waals surface area contributed by atoms with Crippen molar-refractivity contribution in [3.63, 3.8) is 0 Å². The third kappa shape index (κ3) is 8.28. The number of hydrogen-bond donors (Lipinski definition) is 3. The van der Waals surface area contributed by atoms with Gasteiger partial charge in [-0.05, 0) is 49.6 Å². The van der Waals surface area contributed by atoms with Crippen molar-refractivity contribution in [1.82, 2.24) is 0 Å². The van der Waals surface area contributed by atoms with Crippen LogP contribution in [-0.2, 0) is 20.7 Å². The molecule has 180 valence electrons. The van der Waals surface area contributed by atoms with Crippen LogP contribution in [0.4, 0.5) is 5.69 Å². The topological polar surface area (TPSA) is 105 Å². The van der Waals surface area contributed by atoms with Crippen molar-refractivity contribution < 1.29 is 29.3 Å². The van der Waals surface area contributed by atoms with Gasteiger partial charge < -0.3 is 25.0 Å². The summed E-state index contributed by atoms with van der Waals surface area (Å²) in [5, 5.41) is 23.8. The number of methoxy groups -OCH3 is 2. The highest BCUT2D eigenvalue weighted by Crippen LogP contribution is 2.24. The summed E-state index contributed by atoms with van der Waals surface area (Å²) in [6, 6.07) is 5.49. The number of rotatable bonds is 2. The molecule has 1 aromatic rings. The molecule has 2 bridgehead atoms. The molecule has 0 radical (unpaired) electrons. The van der Waals surface area contributed by atoms with Crippen LogP contribution in [0.15, 0.2) is 53.6 Å². The fourth-order valence-electron chi connectivity index (χ4n) is 3.67. The highest BCUT2D eigenvalue weighted by Gasteiger charge is 2.23. The van der Waals surface area contributed by atoms with Crippen LogP contribution in [0, 0.1) is 5.92 Å². The van der Waals surface area contributed by atoms with Crippen LogP contribution in [0.5, 0.6) is 5.75 Å². The Morgan fingerprint density at radius 3 is 2.45 bits per heavy atom. The van der Waals surface area contributed by atoms with E-state index < -0.39 is 24.2 Å². The molecule has 1 heterocycles. The molecule has 1 aliphatic rings. The van der Waals surface area contributed by atoms with Crippen LogP contribution in [0.1, 0.15) is 39.2 Å². The first kappa shape index (κ1) is 26.5. The molecule has 0 fully saturated rings. The Hall–Kier alpha value is -2.74. The molecule has 3 N–H and O–H groups in total. The number of hydrogen-bond acceptors (Lipinski definition) is 6. The summed E-state index contributed by atoms with van der Waals surface area (Å²) in [5.74, 6) is -0.353. The van der Waals surface area contributed by atoms with Gasteiger partial charge in [-0.15, -0.1) is 0 Å². The summed E-state index contributed by atoms with van der Waals surface area (Å²) < 4.78 is 10.7. The van der Waals surface area contributed by atoms with E-state index in [0.29, 0.717) is 23.4 Å². The number of ketones is 1. The monoisotopic (exact) mass is 457 g/mol. The Morgan fingerprint density at radius 1 is 1.06 bits per heavy atom. The summed E-state index contributed by atoms with van der Waals surface area (Å²) >= 11 is 0. The molecule has 7 nitrogen and oxygen atoms in total. The van der Waals surface area contributed by atoms with Gasteiger partial charge in [0.15, 0.2) is 5.78 Å². The zero-order valence-electron chi connectivity index (χ0n) is 20.0. The molecule has 1 aromatic carbocycles. The SMILES string of the molecule is COc1cc2cc(c1)NC(=O)C[C@H](O)/C(C)=C/[C@H](C)[C@@H](O)CC(=O)[C@H](OC)/C=C/C=C(\C)C2. The molecular formula is C26H35NO6. The van der Waals surface area contributed by atoms with Crippen LogP contribution in [-0.4, -0.2) is 54.4 Å². The maximum atomic E-state index is 12.6. The highest BCUT2D eigenvalue weighted by atomic mass is 16.5. The van der Waals surface area contributed by atoms with E-state index >= 15 is 0 Å². The predicted molar refractivity (Wildman–Crippen MR) is 128 cm³/mol. The van der Waals surface area contributed by atoms with Crippen molar-refractivity contribution in [3.8, 4) is 5.75 Å². The second-order valence-electron chi connectivity index (χ2n) is 8.58. The molecule has 0 saturated carbocycles. The zero-order chi connectivity index (χ0) is 24.5. The van der Waals surface area contributed by atoms with Crippen molar-refractivity contribution in [2.24, 2.45) is 5.92 Å². The number of nitrogens with one attached hydrogen (secondary N) is 1. The van der Waals surface area contributed by atoms with E-state index in [1.165, 1.54) is 7.11 Å². The number of ether oxygens (including phenoxy) is 2. The molecule has 0 aromatic heterocycles. The van der Waals surface area contributed by atoms with Gasteiger partial charge in [0.1, 0.15) is 11.9 Å². The molecule has 0 aliphatic carbocycles. The number of Topliss-reactive ketones (excluding diaryl/α,β-unsaturated/α-hetero) is 1. The summed E-state index contributed by atoms with van der Waals surface area (Å²) in [4.78, 5) is 25.1. The third-order valence-corrected chi connectivity index (χ3v) is 5.65. The minimum Gasteiger partial charge on any atom is -0.497 e. The second-order valence-corrected chi connectivity index (χ2v) is 8.58. The lowest BCUT2D eigenvalue weighted by Gasteiger charge is -2.19. The number of aliphatic hydroxyl groups is 2. The minimum atomic E-state index is -1.01. The molecule has 0 saturated heterocycles. The standard InChI is InChI=1S/C26H35NO6/c1-16-7-6-8-25(33-5)24(30)14-22(28)17(2)10-18(3)23(29)15-26(31)27-20-11-19(9-16)12-21(13-20)32-4/h6-8,10-13,17,22-23,25,28-29H,9,14-15H2,1-5H3,(H,27,31)/b8-6+,16-7+,18-10+/t17-,22-,23-,25+/m0/s1. The van der Waals surface area contributed by atoms with E-state index in [2.05, 4.69) is 5.32 Å². The van der Waals surface area contributed by atoms with E-state index in [4.69, 9.17) is 9.47 Å². The highest BCUT2D eigenvalue weighted by molar-refractivity contribution is 5.91. The van der Waals surface area contributed by atoms with Crippen LogP contribution >= 0.6 is 0 Å². The summed E-state index contributed by atoms with van der Waals surface area (Å²) in [5.41, 5.74) is 3.10. The number of aliphatic hydroxyl groups excluding tert-OH is 2. The number of allylic oxidation sites excluding steroid dienone is 3. The Labute approximate surface area is 195 Å². The molecular weight excluding hydrogens is 422 g/mol. The molecule has 1 amide bonds. The van der Waals surface area contributed by atoms with Gasteiger partial charge in [-0.1, -0.05) is 30.7 Å². The first-order valence-electron chi connectivity index (χ1n) is 11.0. The number of fused-ring (bicyclic) bond motifs is 2. The first-order valence-corrected chi connectivity index (χ1v) is 11.0. The van der Waals surface area contributed by atoms with Crippen molar-refractivity contribution in [2.75, 3.05) is 19.5 Å². The Morgan fingerprint density at radius 2 is 1.79 bits per heavy atom. The van der Waals surface area contributed by atoms with Crippen LogP contribution in [0.2, 0.25) is 0 Å². The quantitative estimate of drug-likeness (QED) is 0.588. The molecule has 33 heavy (non-hydrogen) atoms. The van der Waals surface area contributed by atoms with Crippen LogP contribution < -0.4 is 10.1 Å². The van der Waals surface area contributed by atoms with Crippen LogP contribution in [0.3, 0.4) is 0 Å². The van der Waals surface area contributed by atoms with Gasteiger partial charge in [0.2, 0.25) is 5.91 Å². The Kier molecular flexibility index (Phi) is 10.0. The van der Waals surface area contributed by atoms with Crippen molar-refractivity contribution in [1.29, 1.82) is 0 Å². The van der Waals surface area contributed by atoms with E-state index in [1.807, 2.05) is 25.1 Å². The van der Waals surface area contributed by atoms with Gasteiger partial charge in [-0.2, -0.15) is 0 Å². The molecule has 7 heteroatoms. The van der Waals surface area contributed by atoms with Gasteiger partial charge >= 0.3 is 0 Å². The van der Waals surface area contributed by atoms with Crippen molar-refractivity contribution in [2.45, 2.75) is 58.3 Å². The third-order valence-electron chi connectivity index (χ3n) is 5.65. The molecule has 2 rings (SSSR count). The fraction of sp³-hybridized carbons (Fsp3) is 0.462. The average Bonchev–Trinajstić information content (AvgIpc) is 2.75. The molecule has 4 atom stereocenters. The minimum absolute atomic E-state index is 0.0846. The molecule has 0 spiro atoms. The smallest absolute Gasteiger partial charge is 0.227 e. The number of amides is 1. The lowest BCUT2D eigenvalue weighted by molar-refractivity contribution is -0.128. The predicted octanol–water partition coefficient (Wildman–Crippen LogP) is 3.36. The van der Waals surface area contributed by atoms with Crippen LogP contribution in [0.25, 0.3) is 0 Å². The molecule has 1 aliphatic heterocycles. The lowest BCUT2D eigenvalue weighted by atomic mass is 9.94. The maximum absolute atomic E-state index is 12.6. The van der Waals surface area contributed by atoms with E-state index in [9.17, 15) is 19.8 Å². The van der Waals surface area contributed by atoms with E-state index in [1.54, 1.807) is 45.3 Å². The number of carbonyl (C=O) groups is 2. The Bertz CT molecular complexity index is 933. The Balaban J connectivity index is 2.41. The zero-order valence-corrected chi connectivity index (χ0v) is 20.0. The number of carbonyl (C=O) groups excluding carboxylic acids is 2. The number of benzene rings is 1. The van der Waals surface area contributed by atoms with Crippen molar-refractivity contribution >= 4 is 17.4 Å².